The molecule has 0 spiro atoms. The number of benzene rings is 2. The Labute approximate surface area is 122 Å². The van der Waals surface area contributed by atoms with Crippen molar-refractivity contribution in [1.82, 2.24) is 0 Å². The molecule has 0 radical (unpaired) electrons. The van der Waals surface area contributed by atoms with Crippen LogP contribution in [0, 0.1) is 0 Å². The SMILES string of the molecule is C(=Nc1ccccc1Oc1ccccc1)c1ccsc1. The second kappa shape index (κ2) is 6.17. The van der Waals surface area contributed by atoms with E-state index in [0.29, 0.717) is 0 Å². The molecule has 3 heteroatoms. The third kappa shape index (κ3) is 3.13. The first kappa shape index (κ1) is 12.6. The van der Waals surface area contributed by atoms with Crippen LogP contribution in [0.25, 0.3) is 0 Å². The molecule has 1 heterocycles. The van der Waals surface area contributed by atoms with Crippen molar-refractivity contribution >= 4 is 23.2 Å². The third-order valence-corrected chi connectivity index (χ3v) is 3.43. The van der Waals surface area contributed by atoms with Crippen LogP contribution in [0.5, 0.6) is 11.5 Å². The van der Waals surface area contributed by atoms with Gasteiger partial charge in [-0.25, -0.2) is 0 Å². The Bertz CT molecular complexity index is 690. The molecule has 0 N–H and O–H groups in total. The van der Waals surface area contributed by atoms with Crippen molar-refractivity contribution in [2.45, 2.75) is 0 Å². The van der Waals surface area contributed by atoms with E-state index < -0.39 is 0 Å². The summed E-state index contributed by atoms with van der Waals surface area (Å²) in [6.45, 7) is 0. The summed E-state index contributed by atoms with van der Waals surface area (Å²) in [5.74, 6) is 1.57. The molecule has 0 atom stereocenters. The van der Waals surface area contributed by atoms with E-state index in [1.165, 1.54) is 0 Å². The average Bonchev–Trinajstić information content (AvgIpc) is 3.01. The molecule has 3 aromatic rings. The van der Waals surface area contributed by atoms with E-state index in [-0.39, 0.29) is 0 Å². The summed E-state index contributed by atoms with van der Waals surface area (Å²) in [7, 11) is 0. The van der Waals surface area contributed by atoms with Gasteiger partial charge in [-0.1, -0.05) is 30.3 Å². The highest BCUT2D eigenvalue weighted by Crippen LogP contribution is 2.31. The quantitative estimate of drug-likeness (QED) is 0.594. The molecular weight excluding hydrogens is 266 g/mol. The van der Waals surface area contributed by atoms with Crippen LogP contribution in [-0.4, -0.2) is 6.21 Å². The van der Waals surface area contributed by atoms with Crippen LogP contribution in [0.2, 0.25) is 0 Å². The van der Waals surface area contributed by atoms with Crippen LogP contribution >= 0.6 is 11.3 Å². The predicted molar refractivity (Wildman–Crippen MR) is 84.5 cm³/mol. The highest BCUT2D eigenvalue weighted by Gasteiger charge is 2.02. The minimum absolute atomic E-state index is 0.755. The average molecular weight is 279 g/mol. The lowest BCUT2D eigenvalue weighted by molar-refractivity contribution is 0.484. The molecule has 0 aliphatic rings. The minimum Gasteiger partial charge on any atom is -0.455 e. The summed E-state index contributed by atoms with van der Waals surface area (Å²) >= 11 is 1.66. The molecule has 3 rings (SSSR count). The van der Waals surface area contributed by atoms with Crippen molar-refractivity contribution in [1.29, 1.82) is 0 Å². The Morgan fingerprint density at radius 1 is 0.900 bits per heavy atom. The normalized spacial score (nSPS) is 10.8. The van der Waals surface area contributed by atoms with Crippen LogP contribution in [0.15, 0.2) is 76.4 Å². The van der Waals surface area contributed by atoms with Gasteiger partial charge in [0.2, 0.25) is 0 Å². The smallest absolute Gasteiger partial charge is 0.153 e. The molecule has 1 aromatic heterocycles. The number of thiophene rings is 1. The number of aliphatic imine (C=N–C) groups is 1. The second-order valence-electron chi connectivity index (χ2n) is 4.20. The van der Waals surface area contributed by atoms with Crippen LogP contribution < -0.4 is 4.74 Å². The molecule has 0 fully saturated rings. The van der Waals surface area contributed by atoms with Gasteiger partial charge in [0.25, 0.3) is 0 Å². The van der Waals surface area contributed by atoms with E-state index >= 15 is 0 Å². The monoisotopic (exact) mass is 279 g/mol. The number of para-hydroxylation sites is 3. The van der Waals surface area contributed by atoms with Crippen molar-refractivity contribution < 1.29 is 4.74 Å². The Balaban J connectivity index is 1.85. The van der Waals surface area contributed by atoms with Crippen molar-refractivity contribution in [2.75, 3.05) is 0 Å². The minimum atomic E-state index is 0.755. The van der Waals surface area contributed by atoms with Crippen molar-refractivity contribution in [3.63, 3.8) is 0 Å². The molecule has 0 saturated heterocycles. The number of rotatable bonds is 4. The van der Waals surface area contributed by atoms with E-state index in [9.17, 15) is 0 Å². The van der Waals surface area contributed by atoms with Gasteiger partial charge in [-0.05, 0) is 41.1 Å². The van der Waals surface area contributed by atoms with Gasteiger partial charge in [-0.15, -0.1) is 0 Å². The fourth-order valence-corrected chi connectivity index (χ4v) is 2.37. The lowest BCUT2D eigenvalue weighted by atomic mass is 10.3. The fraction of sp³-hybridized carbons (Fsp3) is 0. The van der Waals surface area contributed by atoms with Gasteiger partial charge in [0.15, 0.2) is 5.75 Å². The van der Waals surface area contributed by atoms with Crippen LogP contribution in [0.1, 0.15) is 5.56 Å². The van der Waals surface area contributed by atoms with Crippen molar-refractivity contribution in [3.8, 4) is 11.5 Å². The Morgan fingerprint density at radius 3 is 2.50 bits per heavy atom. The van der Waals surface area contributed by atoms with Crippen LogP contribution in [-0.2, 0) is 0 Å². The molecule has 2 aromatic carbocycles. The Hall–Kier alpha value is -2.39. The van der Waals surface area contributed by atoms with E-state index in [0.717, 1.165) is 22.7 Å². The largest absolute Gasteiger partial charge is 0.455 e. The maximum absolute atomic E-state index is 5.87. The number of nitrogens with zero attached hydrogens (tertiary/aromatic N) is 1. The van der Waals surface area contributed by atoms with E-state index in [1.807, 2.05) is 72.3 Å². The van der Waals surface area contributed by atoms with Crippen LogP contribution in [0.3, 0.4) is 0 Å². The lowest BCUT2D eigenvalue weighted by Crippen LogP contribution is -1.84. The fourth-order valence-electron chi connectivity index (χ4n) is 1.76. The predicted octanol–water partition coefficient (Wildman–Crippen LogP) is 5.29. The highest BCUT2D eigenvalue weighted by atomic mass is 32.1. The van der Waals surface area contributed by atoms with Gasteiger partial charge in [0, 0.05) is 11.8 Å². The zero-order valence-electron chi connectivity index (χ0n) is 10.8. The molecule has 0 aliphatic carbocycles. The molecular formula is C17H13NOS. The van der Waals surface area contributed by atoms with Gasteiger partial charge < -0.3 is 4.74 Å². The standard InChI is InChI=1S/C17H13NOS/c1-2-6-15(7-3-1)19-17-9-5-4-8-16(17)18-12-14-10-11-20-13-14/h1-13H. The maximum Gasteiger partial charge on any atom is 0.153 e. The van der Waals surface area contributed by atoms with Gasteiger partial charge in [-0.2, -0.15) is 11.3 Å². The molecule has 2 nitrogen and oxygen atoms in total. The highest BCUT2D eigenvalue weighted by molar-refractivity contribution is 7.08. The first-order valence-electron chi connectivity index (χ1n) is 6.30. The van der Waals surface area contributed by atoms with Crippen molar-refractivity contribution in [2.24, 2.45) is 4.99 Å². The third-order valence-electron chi connectivity index (χ3n) is 2.73. The van der Waals surface area contributed by atoms with Gasteiger partial charge in [0.1, 0.15) is 11.4 Å². The van der Waals surface area contributed by atoms with E-state index in [2.05, 4.69) is 10.4 Å². The van der Waals surface area contributed by atoms with Crippen molar-refractivity contribution in [3.05, 3.63) is 77.0 Å². The maximum atomic E-state index is 5.87. The molecule has 0 aliphatic heterocycles. The first-order chi connectivity index (χ1) is 9.92. The first-order valence-corrected chi connectivity index (χ1v) is 7.24. The summed E-state index contributed by atoms with van der Waals surface area (Å²) in [4.78, 5) is 4.50. The Morgan fingerprint density at radius 2 is 1.70 bits per heavy atom. The summed E-state index contributed by atoms with van der Waals surface area (Å²) in [6, 6.07) is 19.5. The number of hydrogen-bond donors (Lipinski definition) is 0. The summed E-state index contributed by atoms with van der Waals surface area (Å²) in [5.41, 5.74) is 1.92. The summed E-state index contributed by atoms with van der Waals surface area (Å²) in [6.07, 6.45) is 1.85. The van der Waals surface area contributed by atoms with Gasteiger partial charge >= 0.3 is 0 Å². The zero-order valence-corrected chi connectivity index (χ0v) is 11.6. The summed E-state index contributed by atoms with van der Waals surface area (Å²) < 4.78 is 5.87. The molecule has 98 valence electrons. The summed E-state index contributed by atoms with van der Waals surface area (Å²) in [5, 5.41) is 4.10. The number of ether oxygens (including phenoxy) is 1. The lowest BCUT2D eigenvalue weighted by Gasteiger charge is -2.07. The number of hydrogen-bond acceptors (Lipinski definition) is 3. The Kier molecular flexibility index (Phi) is 3.90. The van der Waals surface area contributed by atoms with Gasteiger partial charge in [0.05, 0.1) is 0 Å². The molecule has 20 heavy (non-hydrogen) atoms. The molecule has 0 saturated carbocycles. The van der Waals surface area contributed by atoms with Gasteiger partial charge in [-0.3, -0.25) is 4.99 Å². The second-order valence-corrected chi connectivity index (χ2v) is 4.98. The van der Waals surface area contributed by atoms with E-state index in [1.54, 1.807) is 11.3 Å². The zero-order chi connectivity index (χ0) is 13.6. The topological polar surface area (TPSA) is 21.6 Å². The van der Waals surface area contributed by atoms with E-state index in [4.69, 9.17) is 4.74 Å². The molecule has 0 unspecified atom stereocenters. The van der Waals surface area contributed by atoms with Crippen LogP contribution in [0.4, 0.5) is 5.69 Å². The molecule has 0 amide bonds. The molecule has 0 bridgehead atoms.